The van der Waals surface area contributed by atoms with Crippen LogP contribution < -0.4 is 21.3 Å². The van der Waals surface area contributed by atoms with Crippen molar-refractivity contribution in [2.45, 2.75) is 45.8 Å². The minimum atomic E-state index is -0.232. The molecule has 4 N–H and O–H groups in total. The molecular weight excluding hydrogens is 478 g/mol. The molecule has 11 nitrogen and oxygen atoms in total. The average molecular weight is 508 g/mol. The maximum Gasteiger partial charge on any atom is 0.254 e. The van der Waals surface area contributed by atoms with Gasteiger partial charge in [0.15, 0.2) is 0 Å². The van der Waals surface area contributed by atoms with Gasteiger partial charge in [-0.15, -0.1) is 16.4 Å². The van der Waals surface area contributed by atoms with Crippen molar-refractivity contribution in [3.05, 3.63) is 53.9 Å². The summed E-state index contributed by atoms with van der Waals surface area (Å²) in [4.78, 5) is 33.8. The van der Waals surface area contributed by atoms with Gasteiger partial charge in [-0.25, -0.2) is 14.6 Å². The van der Waals surface area contributed by atoms with Crippen LogP contribution in [0.5, 0.6) is 0 Å². The number of carbonyl (C=O) groups excluding carboxylic acids is 2. The molecule has 0 saturated heterocycles. The zero-order chi connectivity index (χ0) is 25.5. The fraction of sp³-hybridized carbons (Fsp3) is 0.333. The molecule has 0 radical (unpaired) electrons. The first-order chi connectivity index (χ1) is 17.4. The van der Waals surface area contributed by atoms with Gasteiger partial charge in [0.25, 0.3) is 5.91 Å². The van der Waals surface area contributed by atoms with Gasteiger partial charge in [0.05, 0.1) is 33.2 Å². The summed E-state index contributed by atoms with van der Waals surface area (Å²) in [7, 11) is 0. The highest BCUT2D eigenvalue weighted by Crippen LogP contribution is 2.26. The third kappa shape index (κ3) is 6.75. The van der Waals surface area contributed by atoms with Crippen LogP contribution >= 0.6 is 11.3 Å². The SMILES string of the molecule is CC(C)Nc1cc(Nc2ccc3ncsc3c2)ncc1C(=O)NCCC(C)NC(=O)Cn1ccnn1. The van der Waals surface area contributed by atoms with E-state index in [1.807, 2.05) is 50.5 Å². The van der Waals surface area contributed by atoms with Crippen molar-refractivity contribution in [3.63, 3.8) is 0 Å². The summed E-state index contributed by atoms with van der Waals surface area (Å²) in [5.41, 5.74) is 4.81. The zero-order valence-electron chi connectivity index (χ0n) is 20.4. The third-order valence-corrected chi connectivity index (χ3v) is 6.04. The summed E-state index contributed by atoms with van der Waals surface area (Å²) >= 11 is 1.58. The Morgan fingerprint density at radius 1 is 1.14 bits per heavy atom. The van der Waals surface area contributed by atoms with Gasteiger partial charge in [0.1, 0.15) is 12.4 Å². The Balaban J connectivity index is 1.34. The summed E-state index contributed by atoms with van der Waals surface area (Å²) in [6, 6.07) is 7.78. The maximum atomic E-state index is 12.9. The van der Waals surface area contributed by atoms with Crippen LogP contribution in [0.1, 0.15) is 37.6 Å². The van der Waals surface area contributed by atoms with Crippen molar-refractivity contribution < 1.29 is 9.59 Å². The molecular formula is C24H29N9O2S. The molecule has 1 aromatic carbocycles. The van der Waals surface area contributed by atoms with E-state index in [0.717, 1.165) is 15.9 Å². The summed E-state index contributed by atoms with van der Waals surface area (Å²) in [6.45, 7) is 6.42. The number of fused-ring (bicyclic) bond motifs is 1. The predicted molar refractivity (Wildman–Crippen MR) is 140 cm³/mol. The highest BCUT2D eigenvalue weighted by Gasteiger charge is 2.15. The summed E-state index contributed by atoms with van der Waals surface area (Å²) in [6.07, 6.45) is 5.29. The van der Waals surface area contributed by atoms with E-state index >= 15 is 0 Å². The number of hydrogen-bond acceptors (Lipinski definition) is 9. The van der Waals surface area contributed by atoms with E-state index in [-0.39, 0.29) is 30.4 Å². The Kier molecular flexibility index (Phi) is 8.06. The van der Waals surface area contributed by atoms with Crippen molar-refractivity contribution in [3.8, 4) is 0 Å². The fourth-order valence-corrected chi connectivity index (χ4v) is 4.29. The normalized spacial score (nSPS) is 11.9. The van der Waals surface area contributed by atoms with Crippen LogP contribution in [0.4, 0.5) is 17.2 Å². The lowest BCUT2D eigenvalue weighted by Gasteiger charge is -2.17. The van der Waals surface area contributed by atoms with E-state index in [0.29, 0.717) is 30.0 Å². The lowest BCUT2D eigenvalue weighted by atomic mass is 10.1. The monoisotopic (exact) mass is 507 g/mol. The first-order valence-electron chi connectivity index (χ1n) is 11.7. The highest BCUT2D eigenvalue weighted by molar-refractivity contribution is 7.16. The summed E-state index contributed by atoms with van der Waals surface area (Å²) < 4.78 is 2.54. The molecule has 3 heterocycles. The predicted octanol–water partition coefficient (Wildman–Crippen LogP) is 3.17. The van der Waals surface area contributed by atoms with Crippen LogP contribution in [0.2, 0.25) is 0 Å². The number of anilines is 3. The second-order valence-electron chi connectivity index (χ2n) is 8.69. The second-order valence-corrected chi connectivity index (χ2v) is 9.57. The van der Waals surface area contributed by atoms with Crippen LogP contribution in [0.3, 0.4) is 0 Å². The van der Waals surface area contributed by atoms with E-state index in [1.54, 1.807) is 23.7 Å². The van der Waals surface area contributed by atoms with Gasteiger partial charge in [-0.3, -0.25) is 9.59 Å². The lowest BCUT2D eigenvalue weighted by Crippen LogP contribution is -2.38. The van der Waals surface area contributed by atoms with Crippen LogP contribution in [0.25, 0.3) is 10.2 Å². The molecule has 0 fully saturated rings. The van der Waals surface area contributed by atoms with Gasteiger partial charge in [-0.05, 0) is 45.4 Å². The minimum Gasteiger partial charge on any atom is -0.382 e. The molecule has 1 atom stereocenters. The quantitative estimate of drug-likeness (QED) is 0.243. The van der Waals surface area contributed by atoms with Crippen molar-refractivity contribution in [2.24, 2.45) is 0 Å². The molecule has 1 unspecified atom stereocenters. The number of thiazole rings is 1. The Labute approximate surface area is 212 Å². The third-order valence-electron chi connectivity index (χ3n) is 5.24. The smallest absolute Gasteiger partial charge is 0.254 e. The van der Waals surface area contributed by atoms with Gasteiger partial charge < -0.3 is 21.3 Å². The lowest BCUT2D eigenvalue weighted by molar-refractivity contribution is -0.122. The standard InChI is InChI=1S/C24H29N9O2S/c1-15(2)29-20-11-22(31-17-4-5-19-21(10-17)36-14-27-19)26-12-18(20)24(35)25-7-6-16(3)30-23(34)13-33-9-8-28-32-33/h4-5,8-12,14-16H,6-7,13H2,1-3H3,(H,25,35)(H,30,34)(H2,26,29,31). The van der Waals surface area contributed by atoms with Gasteiger partial charge in [-0.1, -0.05) is 5.21 Å². The molecule has 0 spiro atoms. The number of aromatic nitrogens is 5. The van der Waals surface area contributed by atoms with Crippen LogP contribution in [-0.4, -0.2) is 55.4 Å². The number of nitrogens with one attached hydrogen (secondary N) is 4. The number of nitrogens with zero attached hydrogens (tertiary/aromatic N) is 5. The molecule has 4 aromatic rings. The first-order valence-corrected chi connectivity index (χ1v) is 12.5. The van der Waals surface area contributed by atoms with Crippen LogP contribution in [0, 0.1) is 0 Å². The number of pyridine rings is 1. The molecule has 0 bridgehead atoms. The van der Waals surface area contributed by atoms with Crippen molar-refractivity contribution >= 4 is 50.6 Å². The van der Waals surface area contributed by atoms with E-state index in [2.05, 4.69) is 41.5 Å². The van der Waals surface area contributed by atoms with Crippen molar-refractivity contribution in [2.75, 3.05) is 17.2 Å². The molecule has 12 heteroatoms. The molecule has 2 amide bonds. The summed E-state index contributed by atoms with van der Waals surface area (Å²) in [5, 5.41) is 19.9. The van der Waals surface area contributed by atoms with Gasteiger partial charge in [-0.2, -0.15) is 0 Å². The number of benzene rings is 1. The topological polar surface area (TPSA) is 139 Å². The average Bonchev–Trinajstić information content (AvgIpc) is 3.50. The first kappa shape index (κ1) is 25.0. The molecule has 188 valence electrons. The van der Waals surface area contributed by atoms with Crippen molar-refractivity contribution in [1.82, 2.24) is 35.6 Å². The molecule has 0 aliphatic heterocycles. The second kappa shape index (κ2) is 11.6. The van der Waals surface area contributed by atoms with E-state index in [4.69, 9.17) is 0 Å². The Morgan fingerprint density at radius 3 is 2.78 bits per heavy atom. The number of carbonyl (C=O) groups is 2. The molecule has 0 saturated carbocycles. The van der Waals surface area contributed by atoms with E-state index < -0.39 is 0 Å². The Bertz CT molecular complexity index is 1320. The molecule has 4 rings (SSSR count). The largest absolute Gasteiger partial charge is 0.382 e. The molecule has 0 aliphatic rings. The maximum absolute atomic E-state index is 12.9. The number of rotatable bonds is 11. The van der Waals surface area contributed by atoms with Gasteiger partial charge in [0.2, 0.25) is 5.91 Å². The highest BCUT2D eigenvalue weighted by atomic mass is 32.1. The van der Waals surface area contributed by atoms with E-state index in [9.17, 15) is 9.59 Å². The minimum absolute atomic E-state index is 0.102. The molecule has 36 heavy (non-hydrogen) atoms. The zero-order valence-corrected chi connectivity index (χ0v) is 21.2. The van der Waals surface area contributed by atoms with E-state index in [1.165, 1.54) is 10.9 Å². The van der Waals surface area contributed by atoms with Gasteiger partial charge >= 0.3 is 0 Å². The summed E-state index contributed by atoms with van der Waals surface area (Å²) in [5.74, 6) is 0.233. The Hall–Kier alpha value is -4.06. The van der Waals surface area contributed by atoms with Crippen molar-refractivity contribution in [1.29, 1.82) is 0 Å². The molecule has 0 aliphatic carbocycles. The van der Waals surface area contributed by atoms with Crippen LogP contribution in [0.15, 0.2) is 48.4 Å². The Morgan fingerprint density at radius 2 is 2.00 bits per heavy atom. The number of hydrogen-bond donors (Lipinski definition) is 4. The molecule has 3 aromatic heterocycles. The number of amides is 2. The van der Waals surface area contributed by atoms with Gasteiger partial charge in [0, 0.05) is 42.8 Å². The fourth-order valence-electron chi connectivity index (χ4n) is 3.57. The van der Waals surface area contributed by atoms with Crippen LogP contribution in [-0.2, 0) is 11.3 Å².